The number of nitrogens with zero attached hydrogens (tertiary/aromatic N) is 1. The summed E-state index contributed by atoms with van der Waals surface area (Å²) in [5.41, 5.74) is 7.60. The SMILES string of the molecule is COc1cc(C)c(CNC(=O)c2ccc3c(c2)Cc2cccc(c2)CN(C)CCCCCO3)cc1C(C)C. The van der Waals surface area contributed by atoms with Crippen molar-refractivity contribution in [1.82, 2.24) is 10.2 Å². The number of hydrogen-bond acceptors (Lipinski definition) is 4. The van der Waals surface area contributed by atoms with Gasteiger partial charge in [0.1, 0.15) is 11.5 Å². The topological polar surface area (TPSA) is 50.8 Å². The number of carbonyl (C=O) groups excluding carboxylic acids is 1. The number of ether oxygens (including phenoxy) is 2. The van der Waals surface area contributed by atoms with Crippen LogP contribution < -0.4 is 14.8 Å². The molecule has 202 valence electrons. The maximum atomic E-state index is 13.2. The quantitative estimate of drug-likeness (QED) is 0.415. The van der Waals surface area contributed by atoms with E-state index in [1.165, 1.54) is 11.1 Å². The Balaban J connectivity index is 1.55. The average Bonchev–Trinajstić information content (AvgIpc) is 2.89. The van der Waals surface area contributed by atoms with Crippen molar-refractivity contribution < 1.29 is 14.3 Å². The minimum Gasteiger partial charge on any atom is -0.496 e. The Morgan fingerprint density at radius 3 is 2.66 bits per heavy atom. The lowest BCUT2D eigenvalue weighted by molar-refractivity contribution is 0.0950. The van der Waals surface area contributed by atoms with Gasteiger partial charge in [-0.25, -0.2) is 0 Å². The Morgan fingerprint density at radius 1 is 1.05 bits per heavy atom. The molecule has 0 fully saturated rings. The molecular weight excluding hydrogens is 472 g/mol. The van der Waals surface area contributed by atoms with Crippen LogP contribution in [-0.4, -0.2) is 38.1 Å². The van der Waals surface area contributed by atoms with Gasteiger partial charge in [-0.1, -0.05) is 38.1 Å². The maximum Gasteiger partial charge on any atom is 0.251 e. The second-order valence-electron chi connectivity index (χ2n) is 10.8. The van der Waals surface area contributed by atoms with Gasteiger partial charge in [0.2, 0.25) is 0 Å². The zero-order chi connectivity index (χ0) is 27.1. The molecule has 0 radical (unpaired) electrons. The molecule has 0 spiro atoms. The van der Waals surface area contributed by atoms with Crippen molar-refractivity contribution in [3.05, 3.63) is 93.5 Å². The number of benzene rings is 3. The highest BCUT2D eigenvalue weighted by Crippen LogP contribution is 2.30. The van der Waals surface area contributed by atoms with Gasteiger partial charge in [-0.15, -0.1) is 0 Å². The van der Waals surface area contributed by atoms with Crippen LogP contribution in [-0.2, 0) is 19.5 Å². The first-order valence-electron chi connectivity index (χ1n) is 13.8. The van der Waals surface area contributed by atoms with Gasteiger partial charge >= 0.3 is 0 Å². The van der Waals surface area contributed by atoms with Gasteiger partial charge in [-0.3, -0.25) is 4.79 Å². The third-order valence-corrected chi connectivity index (χ3v) is 7.35. The van der Waals surface area contributed by atoms with Crippen molar-refractivity contribution in [2.45, 2.75) is 65.5 Å². The predicted molar refractivity (Wildman–Crippen MR) is 154 cm³/mol. The smallest absolute Gasteiger partial charge is 0.251 e. The number of carbonyl (C=O) groups is 1. The summed E-state index contributed by atoms with van der Waals surface area (Å²) in [6.07, 6.45) is 4.06. The molecule has 38 heavy (non-hydrogen) atoms. The molecule has 0 aliphatic carbocycles. The van der Waals surface area contributed by atoms with Crippen LogP contribution in [0, 0.1) is 6.92 Å². The van der Waals surface area contributed by atoms with Crippen molar-refractivity contribution in [2.24, 2.45) is 0 Å². The summed E-state index contributed by atoms with van der Waals surface area (Å²) in [7, 11) is 3.89. The van der Waals surface area contributed by atoms with E-state index in [0.717, 1.165) is 72.5 Å². The molecule has 1 N–H and O–H groups in total. The molecule has 5 heteroatoms. The van der Waals surface area contributed by atoms with Gasteiger partial charge < -0.3 is 19.7 Å². The zero-order valence-corrected chi connectivity index (χ0v) is 23.6. The van der Waals surface area contributed by atoms with E-state index in [9.17, 15) is 4.79 Å². The number of hydrogen-bond donors (Lipinski definition) is 1. The van der Waals surface area contributed by atoms with Crippen molar-refractivity contribution in [3.63, 3.8) is 0 Å². The highest BCUT2D eigenvalue weighted by molar-refractivity contribution is 5.94. The largest absolute Gasteiger partial charge is 0.496 e. The number of fused-ring (bicyclic) bond motifs is 3. The third-order valence-electron chi connectivity index (χ3n) is 7.35. The summed E-state index contributed by atoms with van der Waals surface area (Å²) in [5.74, 6) is 2.02. The lowest BCUT2D eigenvalue weighted by atomic mass is 9.96. The molecule has 1 amide bonds. The summed E-state index contributed by atoms with van der Waals surface area (Å²) in [5, 5.41) is 3.13. The molecule has 1 aliphatic rings. The number of amides is 1. The minimum absolute atomic E-state index is 0.0797. The summed E-state index contributed by atoms with van der Waals surface area (Å²) in [6, 6.07) is 18.8. The summed E-state index contributed by atoms with van der Waals surface area (Å²) < 4.78 is 11.8. The van der Waals surface area contributed by atoms with Crippen LogP contribution in [0.5, 0.6) is 11.5 Å². The summed E-state index contributed by atoms with van der Waals surface area (Å²) >= 11 is 0. The molecule has 0 saturated heterocycles. The molecule has 1 heterocycles. The molecular formula is C33H42N2O3. The molecule has 3 aromatic rings. The fourth-order valence-corrected chi connectivity index (χ4v) is 5.13. The zero-order valence-electron chi connectivity index (χ0n) is 23.6. The fraction of sp³-hybridized carbons (Fsp3) is 0.424. The maximum absolute atomic E-state index is 13.2. The number of rotatable bonds is 5. The van der Waals surface area contributed by atoms with Crippen LogP contribution in [0.3, 0.4) is 0 Å². The van der Waals surface area contributed by atoms with E-state index in [2.05, 4.69) is 74.4 Å². The van der Waals surface area contributed by atoms with E-state index >= 15 is 0 Å². The van der Waals surface area contributed by atoms with Crippen LogP contribution in [0.1, 0.15) is 82.8 Å². The van der Waals surface area contributed by atoms with Crippen molar-refractivity contribution in [2.75, 3.05) is 27.3 Å². The molecule has 0 atom stereocenters. The first-order chi connectivity index (χ1) is 18.3. The van der Waals surface area contributed by atoms with Gasteiger partial charge in [0.15, 0.2) is 0 Å². The van der Waals surface area contributed by atoms with Crippen LogP contribution in [0.2, 0.25) is 0 Å². The summed E-state index contributed by atoms with van der Waals surface area (Å²) in [6.45, 7) is 9.57. The van der Waals surface area contributed by atoms with Crippen LogP contribution in [0.25, 0.3) is 0 Å². The Hall–Kier alpha value is -3.31. The van der Waals surface area contributed by atoms with Gasteiger partial charge in [-0.2, -0.15) is 0 Å². The number of methoxy groups -OCH3 is 1. The summed E-state index contributed by atoms with van der Waals surface area (Å²) in [4.78, 5) is 15.6. The van der Waals surface area contributed by atoms with Crippen LogP contribution >= 0.6 is 0 Å². The van der Waals surface area contributed by atoms with E-state index in [4.69, 9.17) is 9.47 Å². The average molecular weight is 515 g/mol. The predicted octanol–water partition coefficient (Wildman–Crippen LogP) is 6.64. The first-order valence-corrected chi connectivity index (χ1v) is 13.8. The Morgan fingerprint density at radius 2 is 1.87 bits per heavy atom. The molecule has 2 bridgehead atoms. The molecule has 0 saturated carbocycles. The molecule has 0 aromatic heterocycles. The lowest BCUT2D eigenvalue weighted by Gasteiger charge is -2.19. The third kappa shape index (κ3) is 7.16. The van der Waals surface area contributed by atoms with Gasteiger partial charge in [-0.05, 0) is 109 Å². The van der Waals surface area contributed by atoms with E-state index in [1.807, 2.05) is 18.2 Å². The first kappa shape index (κ1) is 27.7. The van der Waals surface area contributed by atoms with E-state index in [-0.39, 0.29) is 5.91 Å². The highest BCUT2D eigenvalue weighted by atomic mass is 16.5. The Bertz CT molecular complexity index is 1250. The van der Waals surface area contributed by atoms with Crippen LogP contribution in [0.4, 0.5) is 0 Å². The van der Waals surface area contributed by atoms with E-state index in [0.29, 0.717) is 24.6 Å². The Kier molecular flexibility index (Phi) is 9.46. The molecule has 1 aliphatic heterocycles. The fourth-order valence-electron chi connectivity index (χ4n) is 5.13. The molecule has 4 rings (SSSR count). The minimum atomic E-state index is -0.0797. The molecule has 3 aromatic carbocycles. The van der Waals surface area contributed by atoms with Crippen LogP contribution in [0.15, 0.2) is 54.6 Å². The second kappa shape index (κ2) is 13.0. The number of nitrogens with one attached hydrogen (secondary N) is 1. The van der Waals surface area contributed by atoms with Crippen molar-refractivity contribution >= 4 is 5.91 Å². The number of aryl methyl sites for hydroxylation is 1. The molecule has 5 nitrogen and oxygen atoms in total. The van der Waals surface area contributed by atoms with Gasteiger partial charge in [0.05, 0.1) is 13.7 Å². The van der Waals surface area contributed by atoms with E-state index in [1.54, 1.807) is 7.11 Å². The molecule has 0 unspecified atom stereocenters. The van der Waals surface area contributed by atoms with Gasteiger partial charge in [0.25, 0.3) is 5.91 Å². The van der Waals surface area contributed by atoms with E-state index < -0.39 is 0 Å². The Labute approximate surface area is 228 Å². The lowest BCUT2D eigenvalue weighted by Crippen LogP contribution is -2.23. The second-order valence-corrected chi connectivity index (χ2v) is 10.8. The standard InChI is InChI=1S/C33H42N2O3/c1-23(2)30-20-29(24(3)16-32(30)37-5)21-34-33(36)27-12-13-31-28(19-27)18-25-10-9-11-26(17-25)22-35(4)14-7-6-8-15-38-31/h9-13,16-17,19-20,23H,6-8,14-15,18,21-22H2,1-5H3,(H,34,36). The van der Waals surface area contributed by atoms with Crippen molar-refractivity contribution in [3.8, 4) is 11.5 Å². The normalized spacial score (nSPS) is 14.8. The van der Waals surface area contributed by atoms with Gasteiger partial charge in [0, 0.05) is 25.1 Å². The highest BCUT2D eigenvalue weighted by Gasteiger charge is 2.15. The monoisotopic (exact) mass is 514 g/mol. The van der Waals surface area contributed by atoms with Crippen molar-refractivity contribution in [1.29, 1.82) is 0 Å².